The largest absolute Gasteiger partial charge is 0.287 e. The summed E-state index contributed by atoms with van der Waals surface area (Å²) >= 11 is 6.75. The van der Waals surface area contributed by atoms with E-state index in [0.717, 1.165) is 14.3 Å². The van der Waals surface area contributed by atoms with Crippen LogP contribution in [0.2, 0.25) is 0 Å². The summed E-state index contributed by atoms with van der Waals surface area (Å²) < 4.78 is 1.06. The summed E-state index contributed by atoms with van der Waals surface area (Å²) in [5, 5.41) is 12.4. The standard InChI is InChI=1S/C14H20BrOS2/c1-13(2,3)17-10-7-9(15)8-11(12(10)16)18-14(4,5)6/h7-8H,1-6H3. The van der Waals surface area contributed by atoms with Gasteiger partial charge in [0, 0.05) is 14.0 Å². The molecule has 0 amide bonds. The number of hydrogen-bond acceptors (Lipinski definition) is 2. The fourth-order valence-electron chi connectivity index (χ4n) is 1.36. The molecule has 0 aliphatic rings. The Morgan fingerprint density at radius 1 is 0.889 bits per heavy atom. The van der Waals surface area contributed by atoms with E-state index in [1.54, 1.807) is 23.5 Å². The van der Waals surface area contributed by atoms with E-state index >= 15 is 0 Å². The molecule has 0 N–H and O–H groups in total. The Morgan fingerprint density at radius 2 is 1.22 bits per heavy atom. The van der Waals surface area contributed by atoms with Gasteiger partial charge >= 0.3 is 0 Å². The molecule has 0 spiro atoms. The molecule has 1 radical (unpaired) electrons. The first kappa shape index (κ1) is 16.3. The minimum Gasteiger partial charge on any atom is -0.287 e. The summed E-state index contributed by atoms with van der Waals surface area (Å²) in [5.74, 6) is 0.151. The number of hydrogen-bond donors (Lipinski definition) is 0. The Morgan fingerprint density at radius 3 is 1.50 bits per heavy atom. The van der Waals surface area contributed by atoms with Crippen LogP contribution in [-0.4, -0.2) is 9.49 Å². The highest BCUT2D eigenvalue weighted by Gasteiger charge is 2.22. The molecule has 4 heteroatoms. The van der Waals surface area contributed by atoms with Crippen molar-refractivity contribution in [2.24, 2.45) is 0 Å². The first-order valence-electron chi connectivity index (χ1n) is 5.86. The van der Waals surface area contributed by atoms with Gasteiger partial charge < -0.3 is 0 Å². The molecule has 18 heavy (non-hydrogen) atoms. The predicted octanol–water partition coefficient (Wildman–Crippen LogP) is 6.37. The lowest BCUT2D eigenvalue weighted by Gasteiger charge is -2.21. The van der Waals surface area contributed by atoms with E-state index in [2.05, 4.69) is 57.5 Å². The van der Waals surface area contributed by atoms with Gasteiger partial charge in [-0.2, -0.15) is 0 Å². The summed E-state index contributed by atoms with van der Waals surface area (Å²) in [7, 11) is 0. The zero-order valence-corrected chi connectivity index (χ0v) is 15.0. The minimum absolute atomic E-state index is 0.0453. The molecule has 1 nitrogen and oxygen atoms in total. The Bertz CT molecular complexity index is 393. The average molecular weight is 348 g/mol. The summed E-state index contributed by atoms with van der Waals surface area (Å²) in [6, 6.07) is 3.84. The van der Waals surface area contributed by atoms with Gasteiger partial charge in [0.25, 0.3) is 0 Å². The van der Waals surface area contributed by atoms with Crippen molar-refractivity contribution in [3.05, 3.63) is 16.6 Å². The third-order valence-corrected chi connectivity index (χ3v) is 4.55. The van der Waals surface area contributed by atoms with Crippen molar-refractivity contribution in [2.75, 3.05) is 0 Å². The van der Waals surface area contributed by atoms with Gasteiger partial charge in [0.05, 0.1) is 9.79 Å². The van der Waals surface area contributed by atoms with Crippen molar-refractivity contribution in [1.82, 2.24) is 0 Å². The lowest BCUT2D eigenvalue weighted by Crippen LogP contribution is -2.08. The van der Waals surface area contributed by atoms with Crippen molar-refractivity contribution >= 4 is 39.5 Å². The summed E-state index contributed by atoms with van der Waals surface area (Å²) in [6.45, 7) is 12.7. The average Bonchev–Trinajstić information content (AvgIpc) is 2.07. The highest BCUT2D eigenvalue weighted by atomic mass is 79.9. The van der Waals surface area contributed by atoms with Crippen molar-refractivity contribution in [3.63, 3.8) is 0 Å². The normalized spacial score (nSPS) is 12.8. The van der Waals surface area contributed by atoms with Crippen molar-refractivity contribution in [3.8, 4) is 5.75 Å². The maximum absolute atomic E-state index is 12.4. The molecule has 0 atom stereocenters. The zero-order chi connectivity index (χ0) is 14.1. The van der Waals surface area contributed by atoms with Crippen LogP contribution in [0.3, 0.4) is 0 Å². The van der Waals surface area contributed by atoms with Crippen LogP contribution in [0.5, 0.6) is 5.75 Å². The van der Waals surface area contributed by atoms with E-state index in [0.29, 0.717) is 0 Å². The molecule has 1 aromatic rings. The van der Waals surface area contributed by atoms with Gasteiger partial charge in [-0.1, -0.05) is 57.5 Å². The molecule has 0 unspecified atom stereocenters. The molecule has 0 heterocycles. The molecule has 101 valence electrons. The number of thioether (sulfide) groups is 2. The maximum atomic E-state index is 12.4. The number of rotatable bonds is 2. The Balaban J connectivity index is 3.14. The van der Waals surface area contributed by atoms with Gasteiger partial charge in [0.15, 0.2) is 0 Å². The lowest BCUT2D eigenvalue weighted by atomic mass is 10.3. The third-order valence-electron chi connectivity index (χ3n) is 1.82. The van der Waals surface area contributed by atoms with E-state index < -0.39 is 0 Å². The van der Waals surface area contributed by atoms with Gasteiger partial charge in [0.2, 0.25) is 5.75 Å². The number of benzene rings is 1. The first-order valence-corrected chi connectivity index (χ1v) is 8.29. The van der Waals surface area contributed by atoms with E-state index in [4.69, 9.17) is 0 Å². The molecular formula is C14H20BrOS2. The second-order valence-electron chi connectivity index (χ2n) is 6.16. The van der Waals surface area contributed by atoms with Crippen LogP contribution >= 0.6 is 39.5 Å². The molecule has 0 aromatic heterocycles. The van der Waals surface area contributed by atoms with Crippen molar-refractivity contribution in [2.45, 2.75) is 60.8 Å². The molecule has 1 rings (SSSR count). The molecule has 0 fully saturated rings. The highest BCUT2D eigenvalue weighted by Crippen LogP contribution is 2.46. The molecule has 0 aliphatic heterocycles. The quantitative estimate of drug-likeness (QED) is 0.578. The van der Waals surface area contributed by atoms with Gasteiger partial charge in [-0.25, -0.2) is 0 Å². The Labute approximate surface area is 127 Å². The summed E-state index contributed by atoms with van der Waals surface area (Å²) in [4.78, 5) is 1.65. The fourth-order valence-corrected chi connectivity index (χ4v) is 4.28. The smallest absolute Gasteiger partial charge is 0.205 e. The second-order valence-corrected chi connectivity index (χ2v) is 10.8. The SMILES string of the molecule is CC(C)(C)Sc1cc(Br)cc(SC(C)(C)C)c1[O]. The van der Waals surface area contributed by atoms with Gasteiger partial charge in [-0.15, -0.1) is 23.5 Å². The van der Waals surface area contributed by atoms with Crippen LogP contribution in [-0.2, 0) is 5.11 Å². The summed E-state index contributed by atoms with van der Waals surface area (Å²) in [5.41, 5.74) is 0. The Hall–Kier alpha value is 0.200. The maximum Gasteiger partial charge on any atom is 0.205 e. The number of halogens is 1. The van der Waals surface area contributed by atoms with Crippen LogP contribution in [0.1, 0.15) is 41.5 Å². The van der Waals surface area contributed by atoms with E-state index in [9.17, 15) is 5.11 Å². The second kappa shape index (κ2) is 5.68. The van der Waals surface area contributed by atoms with Crippen LogP contribution in [0.25, 0.3) is 0 Å². The van der Waals surface area contributed by atoms with E-state index in [-0.39, 0.29) is 15.2 Å². The van der Waals surface area contributed by atoms with Gasteiger partial charge in [-0.05, 0) is 12.1 Å². The van der Waals surface area contributed by atoms with E-state index in [1.807, 2.05) is 12.1 Å². The van der Waals surface area contributed by atoms with Crippen molar-refractivity contribution < 1.29 is 5.11 Å². The molecule has 0 saturated carbocycles. The minimum atomic E-state index is 0.0453. The fraction of sp³-hybridized carbons (Fsp3) is 0.571. The molecule has 0 bridgehead atoms. The predicted molar refractivity (Wildman–Crippen MR) is 85.5 cm³/mol. The van der Waals surface area contributed by atoms with Crippen LogP contribution in [0.4, 0.5) is 0 Å². The highest BCUT2D eigenvalue weighted by molar-refractivity contribution is 9.10. The van der Waals surface area contributed by atoms with Crippen LogP contribution < -0.4 is 0 Å². The lowest BCUT2D eigenvalue weighted by molar-refractivity contribution is 0.333. The van der Waals surface area contributed by atoms with Gasteiger partial charge in [0.1, 0.15) is 0 Å². The molecular weight excluding hydrogens is 328 g/mol. The monoisotopic (exact) mass is 347 g/mol. The molecule has 0 saturated heterocycles. The van der Waals surface area contributed by atoms with Crippen LogP contribution in [0, 0.1) is 0 Å². The van der Waals surface area contributed by atoms with Crippen molar-refractivity contribution in [1.29, 1.82) is 0 Å². The van der Waals surface area contributed by atoms with Crippen LogP contribution in [0.15, 0.2) is 26.4 Å². The zero-order valence-electron chi connectivity index (χ0n) is 11.8. The summed E-state index contributed by atoms with van der Waals surface area (Å²) in [6.07, 6.45) is 0. The Kier molecular flexibility index (Phi) is 5.13. The first-order chi connectivity index (χ1) is 7.98. The third kappa shape index (κ3) is 5.45. The topological polar surface area (TPSA) is 19.9 Å². The molecule has 0 aliphatic carbocycles. The van der Waals surface area contributed by atoms with Gasteiger partial charge in [-0.3, -0.25) is 5.11 Å². The molecule has 1 aromatic carbocycles. The van der Waals surface area contributed by atoms with E-state index in [1.165, 1.54) is 0 Å².